The summed E-state index contributed by atoms with van der Waals surface area (Å²) in [6.07, 6.45) is 2.76. The molecule has 0 aliphatic carbocycles. The third-order valence-electron chi connectivity index (χ3n) is 3.58. The quantitative estimate of drug-likeness (QED) is 0.176. The SMILES string of the molecule is CCCCCCCC(=O)OCC(O)COC(OCC[N+](C)(C)C)C(=O)[O-]. The molecule has 0 aliphatic rings. The zero-order valence-electron chi connectivity index (χ0n) is 16.6. The van der Waals surface area contributed by atoms with Gasteiger partial charge in [-0.2, -0.15) is 0 Å². The number of aliphatic carboxylic acids is 1. The van der Waals surface area contributed by atoms with Crippen LogP contribution in [-0.2, 0) is 23.8 Å². The van der Waals surface area contributed by atoms with Gasteiger partial charge < -0.3 is 33.7 Å². The van der Waals surface area contributed by atoms with Gasteiger partial charge in [0.15, 0.2) is 6.29 Å². The monoisotopic (exact) mass is 377 g/mol. The molecule has 0 aromatic heterocycles. The van der Waals surface area contributed by atoms with Crippen molar-refractivity contribution >= 4 is 11.9 Å². The second kappa shape index (κ2) is 13.9. The normalized spacial score (nSPS) is 14.0. The number of likely N-dealkylation sites (N-methyl/N-ethyl adjacent to an activating group) is 1. The fourth-order valence-corrected chi connectivity index (χ4v) is 2.00. The minimum atomic E-state index is -1.56. The van der Waals surface area contributed by atoms with Crippen LogP contribution in [0.2, 0.25) is 0 Å². The zero-order valence-corrected chi connectivity index (χ0v) is 16.6. The largest absolute Gasteiger partial charge is 0.545 e. The number of carbonyl (C=O) groups excluding carboxylic acids is 2. The van der Waals surface area contributed by atoms with Gasteiger partial charge in [0.2, 0.25) is 0 Å². The number of nitrogens with zero attached hydrogens (tertiary/aromatic N) is 1. The lowest BCUT2D eigenvalue weighted by Crippen LogP contribution is -2.44. The Morgan fingerprint density at radius 2 is 1.69 bits per heavy atom. The molecule has 0 rings (SSSR count). The molecule has 8 heteroatoms. The van der Waals surface area contributed by atoms with Crippen LogP contribution in [0.5, 0.6) is 0 Å². The number of aliphatic hydroxyl groups excluding tert-OH is 1. The Kier molecular flexibility index (Phi) is 13.3. The summed E-state index contributed by atoms with van der Waals surface area (Å²) < 4.78 is 15.7. The van der Waals surface area contributed by atoms with Crippen LogP contribution in [0.3, 0.4) is 0 Å². The van der Waals surface area contributed by atoms with Gasteiger partial charge in [-0.05, 0) is 6.42 Å². The summed E-state index contributed by atoms with van der Waals surface area (Å²) >= 11 is 0. The number of unbranched alkanes of at least 4 members (excludes halogenated alkanes) is 4. The molecule has 0 amide bonds. The maximum absolute atomic E-state index is 11.6. The first-order valence-electron chi connectivity index (χ1n) is 9.24. The van der Waals surface area contributed by atoms with Gasteiger partial charge in [0.25, 0.3) is 0 Å². The number of hydrogen-bond acceptors (Lipinski definition) is 7. The lowest BCUT2D eigenvalue weighted by atomic mass is 10.1. The van der Waals surface area contributed by atoms with Crippen molar-refractivity contribution in [1.82, 2.24) is 0 Å². The van der Waals surface area contributed by atoms with E-state index in [1.54, 1.807) is 0 Å². The molecule has 26 heavy (non-hydrogen) atoms. The van der Waals surface area contributed by atoms with Gasteiger partial charge in [-0.25, -0.2) is 0 Å². The Morgan fingerprint density at radius 1 is 1.04 bits per heavy atom. The van der Waals surface area contributed by atoms with Crippen LogP contribution in [0.15, 0.2) is 0 Å². The highest BCUT2D eigenvalue weighted by atomic mass is 16.7. The van der Waals surface area contributed by atoms with Gasteiger partial charge in [-0.1, -0.05) is 32.6 Å². The molecule has 154 valence electrons. The molecule has 0 aromatic carbocycles. The molecule has 0 aliphatic heterocycles. The number of carboxylic acid groups (broad SMARTS) is 1. The molecule has 2 atom stereocenters. The molecule has 0 heterocycles. The number of aliphatic hydroxyl groups is 1. The molecule has 0 saturated heterocycles. The first kappa shape index (κ1) is 24.8. The minimum Gasteiger partial charge on any atom is -0.545 e. The molecule has 0 saturated carbocycles. The van der Waals surface area contributed by atoms with E-state index in [0.717, 1.165) is 32.1 Å². The van der Waals surface area contributed by atoms with Crippen molar-refractivity contribution < 1.29 is 38.5 Å². The smallest absolute Gasteiger partial charge is 0.305 e. The Balaban J connectivity index is 3.92. The molecule has 0 radical (unpaired) electrons. The topological polar surface area (TPSA) is 105 Å². The van der Waals surface area contributed by atoms with E-state index in [4.69, 9.17) is 14.2 Å². The van der Waals surface area contributed by atoms with E-state index >= 15 is 0 Å². The van der Waals surface area contributed by atoms with Crippen LogP contribution >= 0.6 is 0 Å². The van der Waals surface area contributed by atoms with Crippen molar-refractivity contribution in [2.75, 3.05) is 47.5 Å². The number of hydrogen-bond donors (Lipinski definition) is 1. The predicted molar refractivity (Wildman–Crippen MR) is 93.9 cm³/mol. The highest BCUT2D eigenvalue weighted by molar-refractivity contribution is 5.69. The number of ether oxygens (including phenoxy) is 3. The van der Waals surface area contributed by atoms with Gasteiger partial charge >= 0.3 is 5.97 Å². The lowest BCUT2D eigenvalue weighted by Gasteiger charge is -2.26. The van der Waals surface area contributed by atoms with Gasteiger partial charge in [0.1, 0.15) is 19.3 Å². The van der Waals surface area contributed by atoms with Crippen molar-refractivity contribution in [1.29, 1.82) is 0 Å². The molecule has 0 aromatic rings. The number of carbonyl (C=O) groups is 2. The third kappa shape index (κ3) is 15.1. The highest BCUT2D eigenvalue weighted by Crippen LogP contribution is 2.06. The molecular weight excluding hydrogens is 342 g/mol. The van der Waals surface area contributed by atoms with Crippen molar-refractivity contribution in [2.45, 2.75) is 57.8 Å². The summed E-state index contributed by atoms with van der Waals surface area (Å²) in [4.78, 5) is 22.6. The Hall–Kier alpha value is -1.22. The van der Waals surface area contributed by atoms with Crippen molar-refractivity contribution in [3.05, 3.63) is 0 Å². The molecular formula is C18H35NO7. The standard InChI is InChI=1S/C18H35NO7/c1-5-6-7-8-9-10-16(21)25-13-15(20)14-26-18(17(22)23)24-12-11-19(2,3)4/h15,18,20H,5-14H2,1-4H3. The average Bonchev–Trinajstić information content (AvgIpc) is 2.54. The first-order valence-corrected chi connectivity index (χ1v) is 9.24. The Labute approximate surface area is 156 Å². The van der Waals surface area contributed by atoms with Crippen LogP contribution in [-0.4, -0.2) is 81.4 Å². The van der Waals surface area contributed by atoms with Crippen molar-refractivity contribution in [2.24, 2.45) is 0 Å². The Bertz CT molecular complexity index is 395. The Morgan fingerprint density at radius 3 is 2.27 bits per heavy atom. The summed E-state index contributed by atoms with van der Waals surface area (Å²) in [5, 5.41) is 20.7. The van der Waals surface area contributed by atoms with E-state index in [9.17, 15) is 19.8 Å². The van der Waals surface area contributed by atoms with Crippen LogP contribution in [0.1, 0.15) is 45.4 Å². The van der Waals surface area contributed by atoms with E-state index in [-0.39, 0.29) is 25.8 Å². The summed E-state index contributed by atoms with van der Waals surface area (Å²) in [5.41, 5.74) is 0. The van der Waals surface area contributed by atoms with Crippen LogP contribution in [0.25, 0.3) is 0 Å². The second-order valence-electron chi connectivity index (χ2n) is 7.37. The van der Waals surface area contributed by atoms with E-state index in [0.29, 0.717) is 17.4 Å². The summed E-state index contributed by atoms with van der Waals surface area (Å²) in [5.74, 6) is -1.89. The molecule has 8 nitrogen and oxygen atoms in total. The van der Waals surface area contributed by atoms with Crippen molar-refractivity contribution in [3.63, 3.8) is 0 Å². The molecule has 0 fully saturated rings. The number of quaternary nitrogens is 1. The number of rotatable bonds is 16. The maximum atomic E-state index is 11.6. The average molecular weight is 377 g/mol. The fourth-order valence-electron chi connectivity index (χ4n) is 2.00. The maximum Gasteiger partial charge on any atom is 0.305 e. The van der Waals surface area contributed by atoms with E-state index in [2.05, 4.69) is 6.92 Å². The van der Waals surface area contributed by atoms with Crippen LogP contribution in [0.4, 0.5) is 0 Å². The summed E-state index contributed by atoms with van der Waals surface area (Å²) in [6.45, 7) is 2.31. The molecule has 0 spiro atoms. The van der Waals surface area contributed by atoms with Crippen LogP contribution < -0.4 is 5.11 Å². The van der Waals surface area contributed by atoms with Crippen molar-refractivity contribution in [3.8, 4) is 0 Å². The lowest BCUT2D eigenvalue weighted by molar-refractivity contribution is -0.870. The van der Waals surface area contributed by atoms with Crippen LogP contribution in [0, 0.1) is 0 Å². The predicted octanol–water partition coefficient (Wildman–Crippen LogP) is 0.0664. The highest BCUT2D eigenvalue weighted by Gasteiger charge is 2.17. The first-order chi connectivity index (χ1) is 12.2. The summed E-state index contributed by atoms with van der Waals surface area (Å²) in [7, 11) is 5.83. The zero-order chi connectivity index (χ0) is 20.0. The molecule has 2 unspecified atom stereocenters. The van der Waals surface area contributed by atoms with Gasteiger partial charge in [-0.15, -0.1) is 0 Å². The summed E-state index contributed by atoms with van der Waals surface area (Å²) in [6, 6.07) is 0. The minimum absolute atomic E-state index is 0.172. The van der Waals surface area contributed by atoms with E-state index < -0.39 is 18.4 Å². The van der Waals surface area contributed by atoms with Gasteiger partial charge in [0, 0.05) is 6.42 Å². The third-order valence-corrected chi connectivity index (χ3v) is 3.58. The number of carboxylic acids is 1. The number of esters is 1. The van der Waals surface area contributed by atoms with Gasteiger partial charge in [-0.3, -0.25) is 4.79 Å². The fraction of sp³-hybridized carbons (Fsp3) is 0.889. The van der Waals surface area contributed by atoms with Gasteiger partial charge in [0.05, 0.1) is 40.3 Å². The molecule has 1 N–H and O–H groups in total. The van der Waals surface area contributed by atoms with E-state index in [1.165, 1.54) is 0 Å². The van der Waals surface area contributed by atoms with E-state index in [1.807, 2.05) is 21.1 Å². The second-order valence-corrected chi connectivity index (χ2v) is 7.37. The molecule has 0 bridgehead atoms.